The number of hydrogen-bond donors (Lipinski definition) is 0. The average molecular weight is 411 g/mol. The van der Waals surface area contributed by atoms with Crippen LogP contribution in [0.15, 0.2) is 42.5 Å². The smallest absolute Gasteiger partial charge is 0.366 e. The number of carbonyl (C=O) groups is 1. The Labute approximate surface area is 167 Å². The number of alkyl halides is 3. The number of halogens is 4. The predicted octanol–water partition coefficient (Wildman–Crippen LogP) is 5.03. The van der Waals surface area contributed by atoms with E-state index in [9.17, 15) is 18.0 Å². The van der Waals surface area contributed by atoms with E-state index in [4.69, 9.17) is 11.6 Å². The summed E-state index contributed by atoms with van der Waals surface area (Å²) >= 11 is 6.51. The number of nitrogens with zero attached hydrogens (tertiary/aromatic N) is 2. The highest BCUT2D eigenvalue weighted by Gasteiger charge is 2.42. The summed E-state index contributed by atoms with van der Waals surface area (Å²) in [6.07, 6.45) is -4.15. The molecule has 0 radical (unpaired) electrons. The summed E-state index contributed by atoms with van der Waals surface area (Å²) in [6.45, 7) is 2.12. The zero-order chi connectivity index (χ0) is 20.5. The Morgan fingerprint density at radius 3 is 2.39 bits per heavy atom. The first-order chi connectivity index (χ1) is 13.2. The van der Waals surface area contributed by atoms with E-state index < -0.39 is 12.1 Å². The fourth-order valence-electron chi connectivity index (χ4n) is 3.69. The second-order valence-corrected chi connectivity index (χ2v) is 7.43. The number of benzene rings is 2. The summed E-state index contributed by atoms with van der Waals surface area (Å²) in [5.74, 6) is -1.78. The summed E-state index contributed by atoms with van der Waals surface area (Å²) in [6, 6.07) is 13.6. The summed E-state index contributed by atoms with van der Waals surface area (Å²) in [7, 11) is 1.93. The third-order valence-electron chi connectivity index (χ3n) is 5.36. The maximum atomic E-state index is 12.8. The van der Waals surface area contributed by atoms with E-state index in [-0.39, 0.29) is 19.1 Å². The molecule has 2 aromatic carbocycles. The van der Waals surface area contributed by atoms with Crippen LogP contribution in [0, 0.1) is 0 Å². The van der Waals surface area contributed by atoms with Crippen LogP contribution in [-0.2, 0) is 17.6 Å². The molecule has 1 atom stereocenters. The zero-order valence-electron chi connectivity index (χ0n) is 15.8. The molecule has 1 aliphatic heterocycles. The number of amides is 1. The quantitative estimate of drug-likeness (QED) is 0.708. The van der Waals surface area contributed by atoms with Gasteiger partial charge in [-0.2, -0.15) is 13.2 Å². The molecule has 3 rings (SSSR count). The lowest BCUT2D eigenvalue weighted by Crippen LogP contribution is -2.42. The van der Waals surface area contributed by atoms with Gasteiger partial charge in [0.25, 0.3) is 0 Å². The van der Waals surface area contributed by atoms with Crippen LogP contribution in [0.2, 0.25) is 5.02 Å². The summed E-state index contributed by atoms with van der Waals surface area (Å²) in [5, 5.41) is 0.555. The van der Waals surface area contributed by atoms with Gasteiger partial charge in [0.2, 0.25) is 0 Å². The van der Waals surface area contributed by atoms with Crippen LogP contribution in [-0.4, -0.2) is 37.1 Å². The zero-order valence-corrected chi connectivity index (χ0v) is 16.5. The van der Waals surface area contributed by atoms with E-state index in [2.05, 4.69) is 11.8 Å². The Hall–Kier alpha value is -2.21. The Morgan fingerprint density at radius 2 is 1.75 bits per heavy atom. The molecule has 28 heavy (non-hydrogen) atoms. The van der Waals surface area contributed by atoms with Crippen molar-refractivity contribution in [3.63, 3.8) is 0 Å². The van der Waals surface area contributed by atoms with Gasteiger partial charge in [0.1, 0.15) is 0 Å². The molecule has 1 amide bonds. The summed E-state index contributed by atoms with van der Waals surface area (Å²) < 4.78 is 38.5. The SMILES string of the molecule is CC(c1ccccc1)N(C)c1c(Cl)ccc2c1CCN(C(=O)C(F)(F)F)CC2. The van der Waals surface area contributed by atoms with Crippen LogP contribution in [0.4, 0.5) is 18.9 Å². The van der Waals surface area contributed by atoms with Crippen molar-refractivity contribution in [1.29, 1.82) is 0 Å². The fraction of sp³-hybridized carbons (Fsp3) is 0.381. The van der Waals surface area contributed by atoms with E-state index >= 15 is 0 Å². The van der Waals surface area contributed by atoms with Gasteiger partial charge in [0.05, 0.1) is 16.8 Å². The first-order valence-corrected chi connectivity index (χ1v) is 9.52. The van der Waals surface area contributed by atoms with Crippen LogP contribution in [0.5, 0.6) is 0 Å². The molecule has 0 aliphatic carbocycles. The van der Waals surface area contributed by atoms with Gasteiger partial charge in [0.15, 0.2) is 0 Å². The maximum absolute atomic E-state index is 12.8. The van der Waals surface area contributed by atoms with Gasteiger partial charge in [-0.25, -0.2) is 0 Å². The lowest BCUT2D eigenvalue weighted by molar-refractivity contribution is -0.185. The minimum Gasteiger partial charge on any atom is -0.366 e. The molecule has 0 N–H and O–H groups in total. The van der Waals surface area contributed by atoms with Crippen LogP contribution < -0.4 is 4.90 Å². The molecule has 1 heterocycles. The topological polar surface area (TPSA) is 23.6 Å². The van der Waals surface area contributed by atoms with Gasteiger partial charge in [-0.3, -0.25) is 4.79 Å². The van der Waals surface area contributed by atoms with Gasteiger partial charge in [-0.05, 0) is 42.5 Å². The van der Waals surface area contributed by atoms with Crippen molar-refractivity contribution in [2.24, 2.45) is 0 Å². The lowest BCUT2D eigenvalue weighted by atomic mass is 9.98. The van der Waals surface area contributed by atoms with Gasteiger partial charge in [-0.15, -0.1) is 0 Å². The van der Waals surface area contributed by atoms with Crippen molar-refractivity contribution in [3.8, 4) is 0 Å². The van der Waals surface area contributed by atoms with Crippen molar-refractivity contribution < 1.29 is 18.0 Å². The van der Waals surface area contributed by atoms with E-state index in [1.807, 2.05) is 43.4 Å². The molecule has 2 aromatic rings. The van der Waals surface area contributed by atoms with Gasteiger partial charge < -0.3 is 9.80 Å². The normalized spacial score (nSPS) is 15.6. The number of rotatable bonds is 3. The summed E-state index contributed by atoms with van der Waals surface area (Å²) in [5.41, 5.74) is 3.78. The van der Waals surface area contributed by atoms with Crippen LogP contribution >= 0.6 is 11.6 Å². The van der Waals surface area contributed by atoms with Crippen LogP contribution in [0.3, 0.4) is 0 Å². The van der Waals surface area contributed by atoms with Gasteiger partial charge in [-0.1, -0.05) is 48.0 Å². The largest absolute Gasteiger partial charge is 0.471 e. The third-order valence-corrected chi connectivity index (χ3v) is 5.66. The highest BCUT2D eigenvalue weighted by atomic mass is 35.5. The first-order valence-electron chi connectivity index (χ1n) is 9.14. The first kappa shape index (κ1) is 20.5. The van der Waals surface area contributed by atoms with E-state index in [1.54, 1.807) is 6.07 Å². The lowest BCUT2D eigenvalue weighted by Gasteiger charge is -2.31. The molecule has 1 unspecified atom stereocenters. The molecule has 0 bridgehead atoms. The second kappa shape index (κ2) is 8.03. The Bertz CT molecular complexity index is 855. The minimum atomic E-state index is -4.85. The van der Waals surface area contributed by atoms with Crippen LogP contribution in [0.25, 0.3) is 0 Å². The fourth-order valence-corrected chi connectivity index (χ4v) is 4.00. The average Bonchev–Trinajstić information content (AvgIpc) is 2.89. The number of carbonyl (C=O) groups excluding carboxylic acids is 1. The monoisotopic (exact) mass is 410 g/mol. The molecule has 0 saturated carbocycles. The molecular formula is C21H22ClF3N2O. The minimum absolute atomic E-state index is 0.0201. The van der Waals surface area contributed by atoms with E-state index in [0.29, 0.717) is 17.9 Å². The van der Waals surface area contributed by atoms with Crippen molar-refractivity contribution >= 4 is 23.2 Å². The van der Waals surface area contributed by atoms with Gasteiger partial charge in [0, 0.05) is 20.1 Å². The van der Waals surface area contributed by atoms with Crippen molar-refractivity contribution in [2.45, 2.75) is 32.0 Å². The van der Waals surface area contributed by atoms with Crippen molar-refractivity contribution in [1.82, 2.24) is 4.90 Å². The number of hydrogen-bond acceptors (Lipinski definition) is 2. The molecular weight excluding hydrogens is 389 g/mol. The Kier molecular flexibility index (Phi) is 5.89. The standard InChI is InChI=1S/C21H22ClF3N2O/c1-14(15-6-4-3-5-7-15)26(2)19-17-11-13-27(20(28)21(23,24)25)12-10-16(17)8-9-18(19)22/h3-9,14H,10-13H2,1-2H3. The molecule has 0 saturated heterocycles. The predicted molar refractivity (Wildman–Crippen MR) is 105 cm³/mol. The van der Waals surface area contributed by atoms with Crippen molar-refractivity contribution in [2.75, 3.05) is 25.0 Å². The Morgan fingerprint density at radius 1 is 1.11 bits per heavy atom. The molecule has 0 spiro atoms. The summed E-state index contributed by atoms with van der Waals surface area (Å²) in [4.78, 5) is 14.6. The number of anilines is 1. The van der Waals surface area contributed by atoms with Crippen LogP contribution in [0.1, 0.15) is 29.7 Å². The van der Waals surface area contributed by atoms with Gasteiger partial charge >= 0.3 is 12.1 Å². The second-order valence-electron chi connectivity index (χ2n) is 7.02. The number of fused-ring (bicyclic) bond motifs is 1. The molecule has 3 nitrogen and oxygen atoms in total. The molecule has 1 aliphatic rings. The van der Waals surface area contributed by atoms with E-state index in [0.717, 1.165) is 27.3 Å². The molecule has 0 aromatic heterocycles. The Balaban J connectivity index is 1.91. The molecule has 7 heteroatoms. The molecule has 0 fully saturated rings. The third kappa shape index (κ3) is 4.12. The molecule has 150 valence electrons. The highest BCUT2D eigenvalue weighted by molar-refractivity contribution is 6.33. The maximum Gasteiger partial charge on any atom is 0.471 e. The van der Waals surface area contributed by atoms with E-state index in [1.165, 1.54) is 0 Å². The van der Waals surface area contributed by atoms with Crippen molar-refractivity contribution in [3.05, 3.63) is 64.2 Å². The highest BCUT2D eigenvalue weighted by Crippen LogP contribution is 2.38.